The molecule has 1 nitrogen and oxygen atoms in total. The summed E-state index contributed by atoms with van der Waals surface area (Å²) in [5.41, 5.74) is 0.775. The van der Waals surface area contributed by atoms with E-state index in [0.717, 1.165) is 31.0 Å². The van der Waals surface area contributed by atoms with Crippen LogP contribution in [-0.4, -0.2) is 12.6 Å². The quantitative estimate of drug-likeness (QED) is 0.850. The minimum Gasteiger partial charge on any atom is -0.314 e. The van der Waals surface area contributed by atoms with Crippen LogP contribution in [-0.2, 0) is 6.42 Å². The summed E-state index contributed by atoms with van der Waals surface area (Å²) in [5, 5.41) is 3.46. The average Bonchev–Trinajstić information content (AvgIpc) is 2.65. The first kappa shape index (κ1) is 12.5. The van der Waals surface area contributed by atoms with Gasteiger partial charge in [-0.25, -0.2) is 8.78 Å². The summed E-state index contributed by atoms with van der Waals surface area (Å²) in [6, 6.07) is 4.33. The minimum absolute atomic E-state index is 0.474. The summed E-state index contributed by atoms with van der Waals surface area (Å²) in [7, 11) is 0. The van der Waals surface area contributed by atoms with Gasteiger partial charge in [-0.05, 0) is 49.4 Å². The van der Waals surface area contributed by atoms with Crippen molar-refractivity contribution in [2.45, 2.75) is 38.6 Å². The maximum absolute atomic E-state index is 13.1. The molecule has 2 unspecified atom stereocenters. The lowest BCUT2D eigenvalue weighted by atomic mass is 9.94. The lowest BCUT2D eigenvalue weighted by Gasteiger charge is -2.20. The number of hydrogen-bond acceptors (Lipinski definition) is 1. The molecule has 0 spiro atoms. The van der Waals surface area contributed by atoms with Crippen LogP contribution in [0.5, 0.6) is 0 Å². The van der Waals surface area contributed by atoms with Crippen LogP contribution in [0.25, 0.3) is 0 Å². The van der Waals surface area contributed by atoms with E-state index in [1.54, 1.807) is 0 Å². The van der Waals surface area contributed by atoms with E-state index in [2.05, 4.69) is 12.2 Å². The van der Waals surface area contributed by atoms with Gasteiger partial charge in [-0.15, -0.1) is 0 Å². The molecule has 1 aliphatic rings. The van der Waals surface area contributed by atoms with Crippen molar-refractivity contribution in [3.63, 3.8) is 0 Å². The fraction of sp³-hybridized carbons (Fsp3) is 0.571. The molecule has 1 N–H and O–H groups in total. The second-order valence-electron chi connectivity index (χ2n) is 4.84. The Kier molecular flexibility index (Phi) is 4.11. The Labute approximate surface area is 101 Å². The third kappa shape index (κ3) is 3.25. The molecule has 0 aromatic heterocycles. The molecule has 1 aromatic carbocycles. The normalized spacial score (nSPS) is 24.2. The van der Waals surface area contributed by atoms with Crippen LogP contribution >= 0.6 is 0 Å². The molecule has 1 aromatic rings. The first-order valence-electron chi connectivity index (χ1n) is 6.37. The number of halogens is 2. The van der Waals surface area contributed by atoms with E-state index in [9.17, 15) is 8.78 Å². The van der Waals surface area contributed by atoms with Crippen LogP contribution < -0.4 is 5.32 Å². The van der Waals surface area contributed by atoms with E-state index in [0.29, 0.717) is 12.0 Å². The van der Waals surface area contributed by atoms with E-state index in [1.165, 1.54) is 25.0 Å². The van der Waals surface area contributed by atoms with Gasteiger partial charge in [0, 0.05) is 12.1 Å². The van der Waals surface area contributed by atoms with Gasteiger partial charge in [0.2, 0.25) is 0 Å². The van der Waals surface area contributed by atoms with E-state index >= 15 is 0 Å². The van der Waals surface area contributed by atoms with E-state index in [4.69, 9.17) is 0 Å². The molecule has 1 aliphatic carbocycles. The van der Waals surface area contributed by atoms with Crippen molar-refractivity contribution in [3.05, 3.63) is 35.4 Å². The van der Waals surface area contributed by atoms with Gasteiger partial charge < -0.3 is 5.32 Å². The second-order valence-corrected chi connectivity index (χ2v) is 4.84. The zero-order valence-electron chi connectivity index (χ0n) is 10.2. The smallest absolute Gasteiger partial charge is 0.126 e. The van der Waals surface area contributed by atoms with Gasteiger partial charge in [0.05, 0.1) is 0 Å². The van der Waals surface area contributed by atoms with Crippen molar-refractivity contribution in [1.29, 1.82) is 0 Å². The molecule has 0 saturated heterocycles. The molecule has 0 aliphatic heterocycles. The lowest BCUT2D eigenvalue weighted by Crippen LogP contribution is -2.33. The second kappa shape index (κ2) is 5.58. The Balaban J connectivity index is 2.04. The van der Waals surface area contributed by atoms with Crippen molar-refractivity contribution in [2.24, 2.45) is 5.92 Å². The summed E-state index contributed by atoms with van der Waals surface area (Å²) in [4.78, 5) is 0. The molecule has 0 amide bonds. The van der Waals surface area contributed by atoms with Crippen molar-refractivity contribution >= 4 is 0 Å². The van der Waals surface area contributed by atoms with Gasteiger partial charge in [-0.1, -0.05) is 13.3 Å². The Hall–Kier alpha value is -0.960. The maximum Gasteiger partial charge on any atom is 0.126 e. The molecule has 0 bridgehead atoms. The number of benzene rings is 1. The van der Waals surface area contributed by atoms with Gasteiger partial charge in [0.1, 0.15) is 11.6 Å². The molecule has 0 radical (unpaired) electrons. The number of nitrogens with one attached hydrogen (secondary N) is 1. The summed E-state index contributed by atoms with van der Waals surface area (Å²) < 4.78 is 26.2. The zero-order chi connectivity index (χ0) is 12.3. The molecule has 2 rings (SSSR count). The molecule has 2 atom stereocenters. The zero-order valence-corrected chi connectivity index (χ0v) is 10.2. The van der Waals surface area contributed by atoms with Gasteiger partial charge in [0.15, 0.2) is 0 Å². The molecular weight excluding hydrogens is 220 g/mol. The first-order valence-corrected chi connectivity index (χ1v) is 6.37. The fourth-order valence-electron chi connectivity index (χ4n) is 2.84. The van der Waals surface area contributed by atoms with Gasteiger partial charge in [0.25, 0.3) is 0 Å². The predicted molar refractivity (Wildman–Crippen MR) is 64.9 cm³/mol. The summed E-state index contributed by atoms with van der Waals surface area (Å²) >= 11 is 0. The highest BCUT2D eigenvalue weighted by atomic mass is 19.1. The molecular formula is C14H19F2N. The van der Waals surface area contributed by atoms with E-state index in [1.807, 2.05) is 0 Å². The summed E-state index contributed by atoms with van der Waals surface area (Å²) in [6.07, 6.45) is 4.30. The lowest BCUT2D eigenvalue weighted by molar-refractivity contribution is 0.405. The highest BCUT2D eigenvalue weighted by Crippen LogP contribution is 2.29. The van der Waals surface area contributed by atoms with Crippen LogP contribution in [0.4, 0.5) is 8.78 Å². The van der Waals surface area contributed by atoms with E-state index in [-0.39, 0.29) is 0 Å². The number of hydrogen-bond donors (Lipinski definition) is 1. The van der Waals surface area contributed by atoms with Crippen molar-refractivity contribution < 1.29 is 8.78 Å². The van der Waals surface area contributed by atoms with Crippen molar-refractivity contribution in [3.8, 4) is 0 Å². The van der Waals surface area contributed by atoms with Crippen LogP contribution in [0.2, 0.25) is 0 Å². The average molecular weight is 239 g/mol. The molecule has 3 heteroatoms. The Morgan fingerprint density at radius 1 is 1.18 bits per heavy atom. The van der Waals surface area contributed by atoms with E-state index < -0.39 is 11.6 Å². The van der Waals surface area contributed by atoms with Crippen LogP contribution in [0.15, 0.2) is 18.2 Å². The Morgan fingerprint density at radius 2 is 1.88 bits per heavy atom. The summed E-state index contributed by atoms with van der Waals surface area (Å²) in [5.74, 6) is -0.438. The molecule has 1 fully saturated rings. The third-order valence-electron chi connectivity index (χ3n) is 3.55. The molecule has 0 heterocycles. The summed E-state index contributed by atoms with van der Waals surface area (Å²) in [6.45, 7) is 3.05. The highest BCUT2D eigenvalue weighted by Gasteiger charge is 2.26. The molecule has 17 heavy (non-hydrogen) atoms. The Morgan fingerprint density at radius 3 is 2.53 bits per heavy atom. The van der Waals surface area contributed by atoms with Crippen LogP contribution in [0, 0.1) is 17.6 Å². The molecule has 1 saturated carbocycles. The first-order chi connectivity index (χ1) is 8.19. The van der Waals surface area contributed by atoms with Crippen molar-refractivity contribution in [1.82, 2.24) is 5.32 Å². The fourth-order valence-corrected chi connectivity index (χ4v) is 2.84. The van der Waals surface area contributed by atoms with Crippen LogP contribution in [0.1, 0.15) is 31.7 Å². The van der Waals surface area contributed by atoms with Gasteiger partial charge in [-0.3, -0.25) is 0 Å². The predicted octanol–water partition coefficient (Wildman–Crippen LogP) is 3.29. The number of rotatable bonds is 4. The monoisotopic (exact) mass is 239 g/mol. The highest BCUT2D eigenvalue weighted by molar-refractivity contribution is 5.19. The van der Waals surface area contributed by atoms with Gasteiger partial charge >= 0.3 is 0 Å². The maximum atomic E-state index is 13.1. The standard InChI is InChI=1S/C14H19F2N/c1-2-17-14-5-3-4-11(14)6-10-7-12(15)9-13(16)8-10/h7-9,11,14,17H,2-6H2,1H3. The SMILES string of the molecule is CCNC1CCCC1Cc1cc(F)cc(F)c1. The minimum atomic E-state index is -0.474. The van der Waals surface area contributed by atoms with Crippen molar-refractivity contribution in [2.75, 3.05) is 6.54 Å². The largest absolute Gasteiger partial charge is 0.314 e. The van der Waals surface area contributed by atoms with Crippen LogP contribution in [0.3, 0.4) is 0 Å². The topological polar surface area (TPSA) is 12.0 Å². The Bertz CT molecular complexity index is 358. The van der Waals surface area contributed by atoms with Gasteiger partial charge in [-0.2, -0.15) is 0 Å². The third-order valence-corrected chi connectivity index (χ3v) is 3.55. The molecule has 94 valence electrons.